The van der Waals surface area contributed by atoms with Crippen LogP contribution in [0.25, 0.3) is 0 Å². The van der Waals surface area contributed by atoms with Gasteiger partial charge in [-0.1, -0.05) is 5.21 Å². The fourth-order valence-corrected chi connectivity index (χ4v) is 2.64. The molecule has 0 unspecified atom stereocenters. The zero-order valence-electron chi connectivity index (χ0n) is 11.3. The zero-order valence-corrected chi connectivity index (χ0v) is 11.3. The summed E-state index contributed by atoms with van der Waals surface area (Å²) in [6.45, 7) is 2.53. The van der Waals surface area contributed by atoms with Crippen molar-refractivity contribution < 1.29 is 0 Å². The Balaban J connectivity index is 1.63. The van der Waals surface area contributed by atoms with E-state index in [-0.39, 0.29) is 0 Å². The van der Waals surface area contributed by atoms with Gasteiger partial charge in [-0.2, -0.15) is 0 Å². The van der Waals surface area contributed by atoms with Crippen LogP contribution in [0, 0.1) is 0 Å². The molecule has 0 saturated heterocycles. The maximum Gasteiger partial charge on any atom is 0.0964 e. The van der Waals surface area contributed by atoms with Crippen molar-refractivity contribution in [3.05, 3.63) is 29.6 Å². The van der Waals surface area contributed by atoms with E-state index in [2.05, 4.69) is 25.2 Å². The van der Waals surface area contributed by atoms with Gasteiger partial charge in [0, 0.05) is 25.0 Å². The average molecular weight is 260 g/mol. The largest absolute Gasteiger partial charge is 0.332 e. The van der Waals surface area contributed by atoms with Gasteiger partial charge in [-0.15, -0.1) is 5.10 Å². The molecule has 0 bridgehead atoms. The molecule has 6 nitrogen and oxygen atoms in total. The Morgan fingerprint density at radius 1 is 1.26 bits per heavy atom. The lowest BCUT2D eigenvalue weighted by molar-refractivity contribution is 0.502. The summed E-state index contributed by atoms with van der Waals surface area (Å²) in [5.41, 5.74) is 3.69. The lowest BCUT2D eigenvalue weighted by Crippen LogP contribution is -2.12. The first kappa shape index (κ1) is 12.3. The van der Waals surface area contributed by atoms with Gasteiger partial charge in [0.15, 0.2) is 0 Å². The van der Waals surface area contributed by atoms with Crippen LogP contribution in [0.5, 0.6) is 0 Å². The molecule has 1 aliphatic rings. The summed E-state index contributed by atoms with van der Waals surface area (Å²) < 4.78 is 4.18. The fourth-order valence-electron chi connectivity index (χ4n) is 2.64. The normalized spacial score (nSPS) is 14.6. The first-order valence-corrected chi connectivity index (χ1v) is 6.93. The summed E-state index contributed by atoms with van der Waals surface area (Å²) in [5.74, 6) is 0. The number of rotatable bonds is 5. The van der Waals surface area contributed by atoms with Crippen molar-refractivity contribution in [1.82, 2.24) is 29.9 Å². The Morgan fingerprint density at radius 3 is 3.05 bits per heavy atom. The van der Waals surface area contributed by atoms with Crippen LogP contribution in [-0.4, -0.2) is 31.6 Å². The zero-order chi connectivity index (χ0) is 13.1. The maximum atomic E-state index is 4.51. The van der Waals surface area contributed by atoms with Gasteiger partial charge in [-0.25, -0.2) is 4.98 Å². The van der Waals surface area contributed by atoms with Gasteiger partial charge in [0.2, 0.25) is 0 Å². The van der Waals surface area contributed by atoms with E-state index in [4.69, 9.17) is 0 Å². The molecule has 19 heavy (non-hydrogen) atoms. The number of hydrogen-bond acceptors (Lipinski definition) is 4. The molecule has 0 atom stereocenters. The van der Waals surface area contributed by atoms with Crippen molar-refractivity contribution in [2.45, 2.75) is 45.3 Å². The van der Waals surface area contributed by atoms with Gasteiger partial charge in [-0.05, 0) is 32.7 Å². The second-order valence-electron chi connectivity index (χ2n) is 5.04. The SMILES string of the molecule is CNCc1cn(CCn2cnc3c2CCCC3)nn1. The lowest BCUT2D eigenvalue weighted by atomic mass is 10.0. The first-order chi connectivity index (χ1) is 9.36. The Hall–Kier alpha value is -1.69. The van der Waals surface area contributed by atoms with Crippen molar-refractivity contribution in [2.24, 2.45) is 0 Å². The third-order valence-electron chi connectivity index (χ3n) is 3.62. The number of imidazole rings is 1. The molecule has 0 fully saturated rings. The highest BCUT2D eigenvalue weighted by molar-refractivity contribution is 5.16. The molecule has 6 heteroatoms. The molecule has 3 rings (SSSR count). The average Bonchev–Trinajstić information content (AvgIpc) is 3.04. The molecule has 0 spiro atoms. The molecular weight excluding hydrogens is 240 g/mol. The molecular formula is C13H20N6. The van der Waals surface area contributed by atoms with Crippen molar-refractivity contribution in [3.63, 3.8) is 0 Å². The molecule has 2 heterocycles. The predicted octanol–water partition coefficient (Wildman–Crippen LogP) is 0.773. The monoisotopic (exact) mass is 260 g/mol. The second-order valence-corrected chi connectivity index (χ2v) is 5.04. The summed E-state index contributed by atoms with van der Waals surface area (Å²) >= 11 is 0. The van der Waals surface area contributed by atoms with Crippen LogP contribution in [0.2, 0.25) is 0 Å². The van der Waals surface area contributed by atoms with E-state index in [1.165, 1.54) is 24.2 Å². The minimum absolute atomic E-state index is 0.764. The quantitative estimate of drug-likeness (QED) is 0.862. The molecule has 1 N–H and O–H groups in total. The number of aryl methyl sites for hydroxylation is 3. The second kappa shape index (κ2) is 5.52. The van der Waals surface area contributed by atoms with Crippen LogP contribution in [0.15, 0.2) is 12.5 Å². The van der Waals surface area contributed by atoms with Crippen LogP contribution in [0.4, 0.5) is 0 Å². The molecule has 2 aromatic rings. The van der Waals surface area contributed by atoms with Crippen molar-refractivity contribution in [3.8, 4) is 0 Å². The summed E-state index contributed by atoms with van der Waals surface area (Å²) in [6.07, 6.45) is 8.84. The number of aromatic nitrogens is 5. The number of fused-ring (bicyclic) bond motifs is 1. The minimum atomic E-state index is 0.764. The smallest absolute Gasteiger partial charge is 0.0964 e. The van der Waals surface area contributed by atoms with E-state index < -0.39 is 0 Å². The summed E-state index contributed by atoms with van der Waals surface area (Å²) in [6, 6.07) is 0. The molecule has 0 amide bonds. The molecule has 1 aliphatic carbocycles. The minimum Gasteiger partial charge on any atom is -0.332 e. The van der Waals surface area contributed by atoms with Gasteiger partial charge in [0.1, 0.15) is 0 Å². The summed E-state index contributed by atoms with van der Waals surface area (Å²) in [7, 11) is 1.91. The third-order valence-corrected chi connectivity index (χ3v) is 3.62. The van der Waals surface area contributed by atoms with E-state index in [0.717, 1.165) is 38.2 Å². The Bertz CT molecular complexity index is 541. The van der Waals surface area contributed by atoms with Crippen molar-refractivity contribution >= 4 is 0 Å². The maximum absolute atomic E-state index is 4.51. The summed E-state index contributed by atoms with van der Waals surface area (Å²) in [5, 5.41) is 11.3. The van der Waals surface area contributed by atoms with Crippen molar-refractivity contribution in [1.29, 1.82) is 0 Å². The molecule has 0 radical (unpaired) electrons. The van der Waals surface area contributed by atoms with Crippen LogP contribution >= 0.6 is 0 Å². The molecule has 2 aromatic heterocycles. The highest BCUT2D eigenvalue weighted by Gasteiger charge is 2.14. The molecule has 0 aliphatic heterocycles. The van der Waals surface area contributed by atoms with Crippen molar-refractivity contribution in [2.75, 3.05) is 7.05 Å². The molecule has 0 aromatic carbocycles. The lowest BCUT2D eigenvalue weighted by Gasteiger charge is -2.13. The van der Waals surface area contributed by atoms with E-state index in [1.807, 2.05) is 24.3 Å². The summed E-state index contributed by atoms with van der Waals surface area (Å²) in [4.78, 5) is 4.51. The number of hydrogen-bond donors (Lipinski definition) is 1. The Kier molecular flexibility index (Phi) is 3.59. The van der Waals surface area contributed by atoms with Crippen LogP contribution in [0.3, 0.4) is 0 Å². The molecule has 102 valence electrons. The van der Waals surface area contributed by atoms with Crippen LogP contribution in [-0.2, 0) is 32.5 Å². The van der Waals surface area contributed by atoms with E-state index >= 15 is 0 Å². The van der Waals surface area contributed by atoms with E-state index in [0.29, 0.717) is 0 Å². The van der Waals surface area contributed by atoms with E-state index in [9.17, 15) is 0 Å². The Morgan fingerprint density at radius 2 is 2.16 bits per heavy atom. The standard InChI is InChI=1S/C13H20N6/c1-14-8-11-9-19(17-16-11)7-6-18-10-15-12-4-2-3-5-13(12)18/h9-10,14H,2-8H2,1H3. The highest BCUT2D eigenvalue weighted by atomic mass is 15.4. The van der Waals surface area contributed by atoms with Gasteiger partial charge in [0.05, 0.1) is 24.3 Å². The van der Waals surface area contributed by atoms with Crippen LogP contribution in [0.1, 0.15) is 29.9 Å². The van der Waals surface area contributed by atoms with Gasteiger partial charge in [-0.3, -0.25) is 4.68 Å². The van der Waals surface area contributed by atoms with Crippen LogP contribution < -0.4 is 5.32 Å². The number of nitrogens with zero attached hydrogens (tertiary/aromatic N) is 5. The predicted molar refractivity (Wildman–Crippen MR) is 71.7 cm³/mol. The van der Waals surface area contributed by atoms with Gasteiger partial charge >= 0.3 is 0 Å². The topological polar surface area (TPSA) is 60.6 Å². The third kappa shape index (κ3) is 2.68. The number of nitrogens with one attached hydrogen (secondary N) is 1. The van der Waals surface area contributed by atoms with E-state index in [1.54, 1.807) is 0 Å². The molecule has 0 saturated carbocycles. The fraction of sp³-hybridized carbons (Fsp3) is 0.615. The highest BCUT2D eigenvalue weighted by Crippen LogP contribution is 2.19. The van der Waals surface area contributed by atoms with Gasteiger partial charge < -0.3 is 9.88 Å². The Labute approximate surface area is 112 Å². The van der Waals surface area contributed by atoms with Gasteiger partial charge in [0.25, 0.3) is 0 Å². The first-order valence-electron chi connectivity index (χ1n) is 6.93.